The van der Waals surface area contributed by atoms with Crippen LogP contribution in [0.15, 0.2) is 36.5 Å². The number of pyridine rings is 1. The minimum atomic E-state index is -1.04. The molecule has 0 unspecified atom stereocenters. The van der Waals surface area contributed by atoms with Crippen molar-refractivity contribution >= 4 is 5.97 Å². The van der Waals surface area contributed by atoms with Gasteiger partial charge in [-0.2, -0.15) is 0 Å². The van der Waals surface area contributed by atoms with Crippen LogP contribution in [0.4, 0.5) is 0 Å². The molecule has 0 radical (unpaired) electrons. The Morgan fingerprint density at radius 2 is 2.05 bits per heavy atom. The lowest BCUT2D eigenvalue weighted by molar-refractivity contribution is 0.0693. The number of benzene rings is 1. The largest absolute Gasteiger partial charge is 0.477 e. The van der Waals surface area contributed by atoms with Gasteiger partial charge in [-0.15, -0.1) is 0 Å². The number of aromatic carboxylic acids is 1. The van der Waals surface area contributed by atoms with Gasteiger partial charge < -0.3 is 9.84 Å². The highest BCUT2D eigenvalue weighted by molar-refractivity contribution is 5.90. The summed E-state index contributed by atoms with van der Waals surface area (Å²) in [6.45, 7) is 0. The Bertz CT molecular complexity index is 637. The number of rotatable bonds is 3. The lowest BCUT2D eigenvalue weighted by atomic mass is 10.1. The number of fused-ring (bicyclic) bond motifs is 1. The van der Waals surface area contributed by atoms with Crippen molar-refractivity contribution < 1.29 is 14.6 Å². The quantitative estimate of drug-likeness (QED) is 0.915. The van der Waals surface area contributed by atoms with Crippen molar-refractivity contribution in [3.05, 3.63) is 53.2 Å². The SMILES string of the molecule is O=C(O)c1cccnc1Oc1ccc2c(c1)CCC2. The number of carboxylic acids is 1. The maximum atomic E-state index is 11.1. The van der Waals surface area contributed by atoms with Gasteiger partial charge in [0, 0.05) is 6.20 Å². The molecule has 0 amide bonds. The average molecular weight is 255 g/mol. The van der Waals surface area contributed by atoms with E-state index in [1.165, 1.54) is 29.8 Å². The van der Waals surface area contributed by atoms with Crippen molar-refractivity contribution in [1.82, 2.24) is 4.98 Å². The Morgan fingerprint density at radius 3 is 2.89 bits per heavy atom. The van der Waals surface area contributed by atoms with Gasteiger partial charge in [0.15, 0.2) is 0 Å². The normalized spacial score (nSPS) is 13.1. The van der Waals surface area contributed by atoms with Gasteiger partial charge in [0.1, 0.15) is 11.3 Å². The standard InChI is InChI=1S/C15H13NO3/c17-15(18)13-5-2-8-16-14(13)19-12-7-6-10-3-1-4-11(10)9-12/h2,5-9H,1,3-4H2,(H,17,18). The van der Waals surface area contributed by atoms with Gasteiger partial charge in [-0.05, 0) is 54.7 Å². The maximum absolute atomic E-state index is 11.1. The van der Waals surface area contributed by atoms with E-state index in [1.54, 1.807) is 6.07 Å². The van der Waals surface area contributed by atoms with Gasteiger partial charge in [0.2, 0.25) is 5.88 Å². The van der Waals surface area contributed by atoms with Gasteiger partial charge in [-0.3, -0.25) is 0 Å². The molecule has 4 nitrogen and oxygen atoms in total. The zero-order valence-corrected chi connectivity index (χ0v) is 10.3. The summed E-state index contributed by atoms with van der Waals surface area (Å²) in [5, 5.41) is 9.08. The monoisotopic (exact) mass is 255 g/mol. The summed E-state index contributed by atoms with van der Waals surface area (Å²) in [6, 6.07) is 8.95. The number of ether oxygens (including phenoxy) is 1. The number of aromatic nitrogens is 1. The zero-order chi connectivity index (χ0) is 13.2. The molecule has 0 saturated heterocycles. The highest BCUT2D eigenvalue weighted by Crippen LogP contribution is 2.29. The summed E-state index contributed by atoms with van der Waals surface area (Å²) in [5.41, 5.74) is 2.71. The molecule has 3 rings (SSSR count). The van der Waals surface area contributed by atoms with Crippen LogP contribution >= 0.6 is 0 Å². The molecule has 1 aromatic heterocycles. The van der Waals surface area contributed by atoms with Crippen LogP contribution < -0.4 is 4.74 Å². The molecule has 19 heavy (non-hydrogen) atoms. The first-order valence-electron chi connectivity index (χ1n) is 6.22. The first-order chi connectivity index (χ1) is 9.24. The van der Waals surface area contributed by atoms with E-state index in [0.29, 0.717) is 5.75 Å². The summed E-state index contributed by atoms with van der Waals surface area (Å²) in [6.07, 6.45) is 4.86. The van der Waals surface area contributed by atoms with E-state index in [2.05, 4.69) is 4.98 Å². The molecule has 4 heteroatoms. The second-order valence-electron chi connectivity index (χ2n) is 4.55. The Kier molecular flexibility index (Phi) is 2.91. The van der Waals surface area contributed by atoms with Crippen molar-refractivity contribution in [3.8, 4) is 11.6 Å². The minimum absolute atomic E-state index is 0.0722. The molecule has 1 N–H and O–H groups in total. The number of hydrogen-bond acceptors (Lipinski definition) is 3. The second-order valence-corrected chi connectivity index (χ2v) is 4.55. The number of aryl methyl sites for hydroxylation is 2. The molecule has 2 aromatic rings. The molecular weight excluding hydrogens is 242 g/mol. The van der Waals surface area contributed by atoms with Crippen LogP contribution in [0.5, 0.6) is 11.6 Å². The first-order valence-corrected chi connectivity index (χ1v) is 6.22. The smallest absolute Gasteiger partial charge is 0.341 e. The topological polar surface area (TPSA) is 59.4 Å². The van der Waals surface area contributed by atoms with Gasteiger partial charge in [-0.1, -0.05) is 6.07 Å². The second kappa shape index (κ2) is 4.72. The van der Waals surface area contributed by atoms with Gasteiger partial charge >= 0.3 is 5.97 Å². The summed E-state index contributed by atoms with van der Waals surface area (Å²) < 4.78 is 5.60. The molecule has 0 atom stereocenters. The molecular formula is C15H13NO3. The number of nitrogens with zero attached hydrogens (tertiary/aromatic N) is 1. The molecule has 1 aromatic carbocycles. The predicted molar refractivity (Wildman–Crippen MR) is 69.7 cm³/mol. The fraction of sp³-hybridized carbons (Fsp3) is 0.200. The van der Waals surface area contributed by atoms with Crippen LogP contribution in [-0.2, 0) is 12.8 Å². The van der Waals surface area contributed by atoms with Crippen molar-refractivity contribution in [1.29, 1.82) is 0 Å². The highest BCUT2D eigenvalue weighted by atomic mass is 16.5. The van der Waals surface area contributed by atoms with E-state index in [1.807, 2.05) is 18.2 Å². The van der Waals surface area contributed by atoms with Crippen LogP contribution in [0.1, 0.15) is 27.9 Å². The Balaban J connectivity index is 1.91. The average Bonchev–Trinajstić information content (AvgIpc) is 2.86. The van der Waals surface area contributed by atoms with Crippen LogP contribution in [0.3, 0.4) is 0 Å². The number of hydrogen-bond donors (Lipinski definition) is 1. The Hall–Kier alpha value is -2.36. The lowest BCUT2D eigenvalue weighted by Gasteiger charge is -2.08. The van der Waals surface area contributed by atoms with Crippen molar-refractivity contribution in [2.75, 3.05) is 0 Å². The summed E-state index contributed by atoms with van der Waals surface area (Å²) >= 11 is 0. The highest BCUT2D eigenvalue weighted by Gasteiger charge is 2.15. The predicted octanol–water partition coefficient (Wildman–Crippen LogP) is 3.06. The molecule has 0 bridgehead atoms. The molecule has 1 heterocycles. The maximum Gasteiger partial charge on any atom is 0.341 e. The van der Waals surface area contributed by atoms with Crippen molar-refractivity contribution in [2.45, 2.75) is 19.3 Å². The summed E-state index contributed by atoms with van der Waals surface area (Å²) in [7, 11) is 0. The molecule has 0 aliphatic heterocycles. The molecule has 0 spiro atoms. The molecule has 96 valence electrons. The lowest BCUT2D eigenvalue weighted by Crippen LogP contribution is -2.01. The van der Waals surface area contributed by atoms with Crippen molar-refractivity contribution in [3.63, 3.8) is 0 Å². The van der Waals surface area contributed by atoms with E-state index < -0.39 is 5.97 Å². The Labute approximate surface area is 110 Å². The minimum Gasteiger partial charge on any atom is -0.477 e. The fourth-order valence-corrected chi connectivity index (χ4v) is 2.36. The van der Waals surface area contributed by atoms with E-state index in [9.17, 15) is 4.79 Å². The van der Waals surface area contributed by atoms with E-state index in [-0.39, 0.29) is 11.4 Å². The number of carboxylic acid groups (broad SMARTS) is 1. The molecule has 0 fully saturated rings. The van der Waals surface area contributed by atoms with Crippen molar-refractivity contribution in [2.24, 2.45) is 0 Å². The van der Waals surface area contributed by atoms with Gasteiger partial charge in [0.25, 0.3) is 0 Å². The van der Waals surface area contributed by atoms with Gasteiger partial charge in [-0.25, -0.2) is 9.78 Å². The first kappa shape index (κ1) is 11.7. The molecule has 1 aliphatic carbocycles. The third-order valence-corrected chi connectivity index (χ3v) is 3.29. The third kappa shape index (κ3) is 2.29. The van der Waals surface area contributed by atoms with Crippen LogP contribution in [-0.4, -0.2) is 16.1 Å². The van der Waals surface area contributed by atoms with Gasteiger partial charge in [0.05, 0.1) is 0 Å². The third-order valence-electron chi connectivity index (χ3n) is 3.29. The fourth-order valence-electron chi connectivity index (χ4n) is 2.36. The van der Waals surface area contributed by atoms with E-state index in [0.717, 1.165) is 12.8 Å². The van der Waals surface area contributed by atoms with Crippen LogP contribution in [0.25, 0.3) is 0 Å². The summed E-state index contributed by atoms with van der Waals surface area (Å²) in [4.78, 5) is 15.1. The van der Waals surface area contributed by atoms with Crippen LogP contribution in [0.2, 0.25) is 0 Å². The van der Waals surface area contributed by atoms with Crippen LogP contribution in [0, 0.1) is 0 Å². The summed E-state index contributed by atoms with van der Waals surface area (Å²) in [5.74, 6) is -0.265. The van der Waals surface area contributed by atoms with E-state index in [4.69, 9.17) is 9.84 Å². The van der Waals surface area contributed by atoms with E-state index >= 15 is 0 Å². The molecule has 0 saturated carbocycles. The number of carbonyl (C=O) groups is 1. The Morgan fingerprint density at radius 1 is 1.21 bits per heavy atom. The zero-order valence-electron chi connectivity index (χ0n) is 10.3. The molecule has 1 aliphatic rings.